The number of nitrogens with zero attached hydrogens (tertiary/aromatic N) is 1. The molecule has 2 atom stereocenters. The molecule has 0 amide bonds. The van der Waals surface area contributed by atoms with Gasteiger partial charge in [-0.1, -0.05) is 25.6 Å². The van der Waals surface area contributed by atoms with Crippen LogP contribution < -0.4 is 5.32 Å². The first-order valence-corrected chi connectivity index (χ1v) is 5.81. The number of aromatic nitrogens is 1. The Hall–Kier alpha value is -0.480. The summed E-state index contributed by atoms with van der Waals surface area (Å²) in [4.78, 5) is 4.27. The maximum absolute atomic E-state index is 5.30. The molecule has 0 bridgehead atoms. The van der Waals surface area contributed by atoms with Gasteiger partial charge in [-0.25, -0.2) is 4.98 Å². The van der Waals surface area contributed by atoms with Crippen molar-refractivity contribution in [2.75, 3.05) is 7.05 Å². The van der Waals surface area contributed by atoms with Crippen LogP contribution in [-0.2, 0) is 0 Å². The van der Waals surface area contributed by atoms with Gasteiger partial charge in [0.25, 0.3) is 5.22 Å². The molecule has 2 unspecified atom stereocenters. The second-order valence-corrected chi connectivity index (χ2v) is 4.71. The maximum atomic E-state index is 5.30. The fourth-order valence-corrected chi connectivity index (χ4v) is 2.51. The zero-order valence-electron chi connectivity index (χ0n) is 9.20. The maximum Gasteiger partial charge on any atom is 0.256 e. The highest BCUT2D eigenvalue weighted by Crippen LogP contribution is 2.25. The van der Waals surface area contributed by atoms with Gasteiger partial charge in [0.05, 0.1) is 5.69 Å². The van der Waals surface area contributed by atoms with E-state index in [0.29, 0.717) is 11.3 Å². The molecule has 1 aromatic heterocycles. The Balaban J connectivity index is 2.51. The summed E-state index contributed by atoms with van der Waals surface area (Å²) >= 11 is 1.68. The van der Waals surface area contributed by atoms with Crippen LogP contribution in [0.2, 0.25) is 0 Å². The van der Waals surface area contributed by atoms with Crippen molar-refractivity contribution >= 4 is 11.8 Å². The normalized spacial score (nSPS) is 15.4. The quantitative estimate of drug-likeness (QED) is 0.764. The van der Waals surface area contributed by atoms with E-state index in [-0.39, 0.29) is 0 Å². The SMILES string of the molecule is CCC(NC)C(C)Sc1nc(C)co1. The van der Waals surface area contributed by atoms with E-state index in [1.54, 1.807) is 18.0 Å². The summed E-state index contributed by atoms with van der Waals surface area (Å²) in [6, 6.07) is 0.507. The molecule has 0 aliphatic carbocycles. The summed E-state index contributed by atoms with van der Waals surface area (Å²) in [6.45, 7) is 6.31. The Morgan fingerprint density at radius 1 is 1.64 bits per heavy atom. The molecule has 0 radical (unpaired) electrons. The van der Waals surface area contributed by atoms with Crippen LogP contribution in [0.15, 0.2) is 15.9 Å². The monoisotopic (exact) mass is 214 g/mol. The zero-order chi connectivity index (χ0) is 10.6. The second kappa shape index (κ2) is 5.41. The Morgan fingerprint density at radius 3 is 2.79 bits per heavy atom. The highest BCUT2D eigenvalue weighted by Gasteiger charge is 2.16. The molecule has 0 aromatic carbocycles. The topological polar surface area (TPSA) is 38.1 Å². The third-order valence-corrected chi connectivity index (χ3v) is 3.35. The molecule has 4 heteroatoms. The molecule has 0 aliphatic heterocycles. The van der Waals surface area contributed by atoms with Gasteiger partial charge < -0.3 is 9.73 Å². The van der Waals surface area contributed by atoms with Crippen LogP contribution in [0, 0.1) is 6.92 Å². The van der Waals surface area contributed by atoms with E-state index in [2.05, 4.69) is 24.1 Å². The predicted octanol–water partition coefficient (Wildman–Crippen LogP) is 2.46. The van der Waals surface area contributed by atoms with Crippen molar-refractivity contribution in [1.29, 1.82) is 0 Å². The van der Waals surface area contributed by atoms with E-state index in [0.717, 1.165) is 17.3 Å². The van der Waals surface area contributed by atoms with Crippen LogP contribution in [0.4, 0.5) is 0 Å². The number of aryl methyl sites for hydroxylation is 1. The molecule has 0 saturated heterocycles. The van der Waals surface area contributed by atoms with Crippen molar-refractivity contribution in [2.45, 2.75) is 43.7 Å². The summed E-state index contributed by atoms with van der Waals surface area (Å²) in [5.41, 5.74) is 0.942. The van der Waals surface area contributed by atoms with Crippen LogP contribution in [-0.4, -0.2) is 23.3 Å². The van der Waals surface area contributed by atoms with Gasteiger partial charge in [-0.15, -0.1) is 0 Å². The van der Waals surface area contributed by atoms with E-state index in [9.17, 15) is 0 Å². The lowest BCUT2D eigenvalue weighted by molar-refractivity contribution is 0.449. The number of hydrogen-bond acceptors (Lipinski definition) is 4. The van der Waals surface area contributed by atoms with Gasteiger partial charge >= 0.3 is 0 Å². The first kappa shape index (κ1) is 11.6. The molecule has 0 fully saturated rings. The Bertz CT molecular complexity index is 271. The lowest BCUT2D eigenvalue weighted by atomic mass is 10.2. The molecule has 80 valence electrons. The van der Waals surface area contributed by atoms with Gasteiger partial charge in [0, 0.05) is 11.3 Å². The molecule has 1 rings (SSSR count). The molecule has 0 spiro atoms. The molecule has 0 aliphatic rings. The Labute approximate surface area is 89.7 Å². The smallest absolute Gasteiger partial charge is 0.256 e. The van der Waals surface area contributed by atoms with Crippen LogP contribution >= 0.6 is 11.8 Å². The third-order valence-electron chi connectivity index (χ3n) is 2.26. The van der Waals surface area contributed by atoms with Crippen molar-refractivity contribution in [2.24, 2.45) is 0 Å². The number of oxazole rings is 1. The lowest BCUT2D eigenvalue weighted by Crippen LogP contribution is -2.33. The fourth-order valence-electron chi connectivity index (χ4n) is 1.40. The molecular weight excluding hydrogens is 196 g/mol. The van der Waals surface area contributed by atoms with Crippen LogP contribution in [0.5, 0.6) is 0 Å². The average Bonchev–Trinajstić information content (AvgIpc) is 2.53. The first-order chi connectivity index (χ1) is 6.67. The molecule has 0 saturated carbocycles. The van der Waals surface area contributed by atoms with Gasteiger partial charge in [0.15, 0.2) is 0 Å². The van der Waals surface area contributed by atoms with E-state index >= 15 is 0 Å². The van der Waals surface area contributed by atoms with Crippen molar-refractivity contribution in [3.63, 3.8) is 0 Å². The summed E-state index contributed by atoms with van der Waals surface area (Å²) in [7, 11) is 1.99. The average molecular weight is 214 g/mol. The second-order valence-electron chi connectivity index (χ2n) is 3.38. The highest BCUT2D eigenvalue weighted by molar-refractivity contribution is 7.99. The van der Waals surface area contributed by atoms with E-state index < -0.39 is 0 Å². The largest absolute Gasteiger partial charge is 0.440 e. The van der Waals surface area contributed by atoms with Crippen LogP contribution in [0.3, 0.4) is 0 Å². The minimum absolute atomic E-state index is 0.475. The summed E-state index contributed by atoms with van der Waals surface area (Å²) < 4.78 is 5.30. The fraction of sp³-hybridized carbons (Fsp3) is 0.700. The van der Waals surface area contributed by atoms with E-state index in [1.165, 1.54) is 0 Å². The van der Waals surface area contributed by atoms with Gasteiger partial charge in [-0.3, -0.25) is 0 Å². The molecule has 1 aromatic rings. The Morgan fingerprint density at radius 2 is 2.36 bits per heavy atom. The zero-order valence-corrected chi connectivity index (χ0v) is 10.0. The first-order valence-electron chi connectivity index (χ1n) is 4.93. The van der Waals surface area contributed by atoms with Crippen molar-refractivity contribution < 1.29 is 4.42 Å². The molecule has 1 heterocycles. The third kappa shape index (κ3) is 3.03. The summed E-state index contributed by atoms with van der Waals surface area (Å²) in [5, 5.41) is 4.53. The van der Waals surface area contributed by atoms with Gasteiger partial charge in [-0.2, -0.15) is 0 Å². The number of nitrogens with one attached hydrogen (secondary N) is 1. The summed E-state index contributed by atoms with van der Waals surface area (Å²) in [5.74, 6) is 0. The minimum Gasteiger partial charge on any atom is -0.440 e. The predicted molar refractivity (Wildman–Crippen MR) is 59.7 cm³/mol. The molecule has 3 nitrogen and oxygen atoms in total. The van der Waals surface area contributed by atoms with Crippen LogP contribution in [0.1, 0.15) is 26.0 Å². The number of rotatable bonds is 5. The highest BCUT2D eigenvalue weighted by atomic mass is 32.2. The van der Waals surface area contributed by atoms with Crippen molar-refractivity contribution in [3.05, 3.63) is 12.0 Å². The van der Waals surface area contributed by atoms with E-state index in [1.807, 2.05) is 14.0 Å². The molecule has 1 N–H and O–H groups in total. The van der Waals surface area contributed by atoms with Gasteiger partial charge in [-0.05, 0) is 20.4 Å². The van der Waals surface area contributed by atoms with E-state index in [4.69, 9.17) is 4.42 Å². The lowest BCUT2D eigenvalue weighted by Gasteiger charge is -2.19. The standard InChI is InChI=1S/C10H18N2OS/c1-5-9(11-4)8(3)14-10-12-7(2)6-13-10/h6,8-9,11H,5H2,1-4H3. The van der Waals surface area contributed by atoms with Crippen molar-refractivity contribution in [1.82, 2.24) is 10.3 Å². The summed E-state index contributed by atoms with van der Waals surface area (Å²) in [6.07, 6.45) is 2.81. The Kier molecular flexibility index (Phi) is 4.48. The number of hydrogen-bond donors (Lipinski definition) is 1. The number of thioether (sulfide) groups is 1. The van der Waals surface area contributed by atoms with Gasteiger partial charge in [0.2, 0.25) is 0 Å². The minimum atomic E-state index is 0.475. The molecular formula is C10H18N2OS. The molecule has 14 heavy (non-hydrogen) atoms. The van der Waals surface area contributed by atoms with Crippen LogP contribution in [0.25, 0.3) is 0 Å². The van der Waals surface area contributed by atoms with Crippen molar-refractivity contribution in [3.8, 4) is 0 Å². The van der Waals surface area contributed by atoms with Gasteiger partial charge in [0.1, 0.15) is 6.26 Å².